The number of hydrogen-bond acceptors (Lipinski definition) is 2. The lowest BCUT2D eigenvalue weighted by Crippen LogP contribution is -2.11. The van der Waals surface area contributed by atoms with Crippen molar-refractivity contribution in [1.82, 2.24) is 9.97 Å². The van der Waals surface area contributed by atoms with E-state index in [0.717, 1.165) is 33.1 Å². The third-order valence-electron chi connectivity index (χ3n) is 3.83. The summed E-state index contributed by atoms with van der Waals surface area (Å²) in [6, 6.07) is 17.6. The molecule has 4 heteroatoms. The summed E-state index contributed by atoms with van der Waals surface area (Å²) in [5, 5.41) is 3.17. The number of nitrogens with zero attached hydrogens (tertiary/aromatic N) is 1. The summed E-state index contributed by atoms with van der Waals surface area (Å²) in [5.74, 6) is -0.439. The Bertz CT molecular complexity index is 1020. The van der Waals surface area contributed by atoms with Crippen molar-refractivity contribution in [2.75, 3.05) is 0 Å². The van der Waals surface area contributed by atoms with Crippen LogP contribution in [0.3, 0.4) is 0 Å². The van der Waals surface area contributed by atoms with Crippen LogP contribution < -0.4 is 5.73 Å². The zero-order valence-electron chi connectivity index (χ0n) is 11.7. The lowest BCUT2D eigenvalue weighted by atomic mass is 10.1. The van der Waals surface area contributed by atoms with Crippen molar-refractivity contribution < 1.29 is 4.79 Å². The molecular weight excluding hydrogens is 274 g/mol. The number of benzene rings is 2. The van der Waals surface area contributed by atoms with Gasteiger partial charge in [-0.15, -0.1) is 0 Å². The molecule has 0 aliphatic rings. The molecular formula is C18H13N3O. The fourth-order valence-corrected chi connectivity index (χ4v) is 2.73. The Labute approximate surface area is 126 Å². The summed E-state index contributed by atoms with van der Waals surface area (Å²) >= 11 is 0. The van der Waals surface area contributed by atoms with Gasteiger partial charge in [0, 0.05) is 17.0 Å². The Morgan fingerprint density at radius 2 is 1.73 bits per heavy atom. The molecule has 4 rings (SSSR count). The molecule has 106 valence electrons. The summed E-state index contributed by atoms with van der Waals surface area (Å²) in [5.41, 5.74) is 8.38. The minimum atomic E-state index is -0.439. The Morgan fingerprint density at radius 3 is 2.55 bits per heavy atom. The molecule has 0 fully saturated rings. The third kappa shape index (κ3) is 1.93. The monoisotopic (exact) mass is 287 g/mol. The van der Waals surface area contributed by atoms with Gasteiger partial charge in [0.25, 0.3) is 5.91 Å². The molecule has 0 unspecified atom stereocenters. The molecule has 0 aliphatic heterocycles. The van der Waals surface area contributed by atoms with Gasteiger partial charge in [-0.05, 0) is 23.6 Å². The van der Waals surface area contributed by atoms with E-state index in [2.05, 4.69) is 16.0 Å². The zero-order chi connectivity index (χ0) is 15.1. The number of hydrogen-bond donors (Lipinski definition) is 2. The van der Waals surface area contributed by atoms with Crippen LogP contribution in [0.1, 0.15) is 10.4 Å². The lowest BCUT2D eigenvalue weighted by Gasteiger charge is -2.01. The molecule has 0 spiro atoms. The molecule has 3 N–H and O–H groups in total. The summed E-state index contributed by atoms with van der Waals surface area (Å²) in [7, 11) is 0. The van der Waals surface area contributed by atoms with Crippen LogP contribution in [-0.4, -0.2) is 15.9 Å². The number of carbonyl (C=O) groups excluding carboxylic acids is 1. The Hall–Kier alpha value is -3.14. The van der Waals surface area contributed by atoms with E-state index in [0.29, 0.717) is 5.56 Å². The first-order valence-corrected chi connectivity index (χ1v) is 6.99. The normalized spacial score (nSPS) is 11.1. The van der Waals surface area contributed by atoms with Crippen molar-refractivity contribution in [3.8, 4) is 11.4 Å². The minimum absolute atomic E-state index is 0.439. The van der Waals surface area contributed by atoms with Crippen molar-refractivity contribution in [2.24, 2.45) is 5.73 Å². The molecule has 0 aliphatic carbocycles. The second-order valence-electron chi connectivity index (χ2n) is 5.23. The summed E-state index contributed by atoms with van der Waals surface area (Å²) in [6.45, 7) is 0. The van der Waals surface area contributed by atoms with Gasteiger partial charge < -0.3 is 10.7 Å². The van der Waals surface area contributed by atoms with E-state index in [4.69, 9.17) is 5.73 Å². The topological polar surface area (TPSA) is 71.8 Å². The van der Waals surface area contributed by atoms with Crippen LogP contribution in [0.25, 0.3) is 33.1 Å². The van der Waals surface area contributed by atoms with Gasteiger partial charge >= 0.3 is 0 Å². The summed E-state index contributed by atoms with van der Waals surface area (Å²) < 4.78 is 0. The average Bonchev–Trinajstić information content (AvgIpc) is 2.98. The van der Waals surface area contributed by atoms with Gasteiger partial charge in [0.05, 0.1) is 22.5 Å². The number of carbonyl (C=O) groups is 1. The molecule has 2 aromatic carbocycles. The minimum Gasteiger partial charge on any atom is -0.366 e. The number of aromatic nitrogens is 2. The van der Waals surface area contributed by atoms with Crippen molar-refractivity contribution in [1.29, 1.82) is 0 Å². The predicted molar refractivity (Wildman–Crippen MR) is 87.6 cm³/mol. The summed E-state index contributed by atoms with van der Waals surface area (Å²) in [4.78, 5) is 19.3. The Morgan fingerprint density at radius 1 is 0.955 bits per heavy atom. The SMILES string of the molecule is NC(=O)c1cccc2cc(-c3cc4ccccc4cn3)[nH]c12. The van der Waals surface area contributed by atoms with Gasteiger partial charge in [-0.25, -0.2) is 0 Å². The molecule has 4 aromatic rings. The maximum atomic E-state index is 11.5. The first kappa shape index (κ1) is 12.6. The molecule has 0 saturated carbocycles. The maximum absolute atomic E-state index is 11.5. The highest BCUT2D eigenvalue weighted by Gasteiger charge is 2.11. The number of para-hydroxylation sites is 1. The molecule has 4 nitrogen and oxygen atoms in total. The predicted octanol–water partition coefficient (Wildman–Crippen LogP) is 3.48. The molecule has 0 saturated heterocycles. The van der Waals surface area contributed by atoms with Crippen LogP contribution in [0.15, 0.2) is 60.8 Å². The largest absolute Gasteiger partial charge is 0.366 e. The first-order valence-electron chi connectivity index (χ1n) is 6.99. The maximum Gasteiger partial charge on any atom is 0.250 e. The van der Waals surface area contributed by atoms with E-state index in [1.54, 1.807) is 6.07 Å². The number of nitrogens with one attached hydrogen (secondary N) is 1. The van der Waals surface area contributed by atoms with Crippen LogP contribution in [0.2, 0.25) is 0 Å². The van der Waals surface area contributed by atoms with E-state index >= 15 is 0 Å². The van der Waals surface area contributed by atoms with Crippen LogP contribution in [0, 0.1) is 0 Å². The van der Waals surface area contributed by atoms with Crippen molar-refractivity contribution >= 4 is 27.6 Å². The number of fused-ring (bicyclic) bond motifs is 2. The van der Waals surface area contributed by atoms with E-state index < -0.39 is 5.91 Å². The lowest BCUT2D eigenvalue weighted by molar-refractivity contribution is 0.100. The van der Waals surface area contributed by atoms with E-state index in [1.807, 2.05) is 48.7 Å². The quantitative estimate of drug-likeness (QED) is 0.592. The fourth-order valence-electron chi connectivity index (χ4n) is 2.73. The van der Waals surface area contributed by atoms with Gasteiger partial charge in [0.2, 0.25) is 0 Å². The van der Waals surface area contributed by atoms with Crippen molar-refractivity contribution in [3.63, 3.8) is 0 Å². The first-order chi connectivity index (χ1) is 10.7. The Balaban J connectivity index is 1.92. The van der Waals surface area contributed by atoms with Gasteiger partial charge in [-0.1, -0.05) is 36.4 Å². The fraction of sp³-hybridized carbons (Fsp3) is 0. The number of pyridine rings is 1. The van der Waals surface area contributed by atoms with Gasteiger partial charge in [0.1, 0.15) is 0 Å². The van der Waals surface area contributed by atoms with Gasteiger partial charge in [-0.3, -0.25) is 9.78 Å². The van der Waals surface area contributed by atoms with Crippen LogP contribution in [0.4, 0.5) is 0 Å². The standard InChI is InChI=1S/C18H13N3O/c19-18(22)14-7-3-6-12-9-16(21-17(12)14)15-8-11-4-1-2-5-13(11)10-20-15/h1-10,21H,(H2,19,22). The molecule has 2 aromatic heterocycles. The van der Waals surface area contributed by atoms with Gasteiger partial charge in [0.15, 0.2) is 0 Å². The highest BCUT2D eigenvalue weighted by Crippen LogP contribution is 2.26. The number of amides is 1. The van der Waals surface area contributed by atoms with Crippen molar-refractivity contribution in [2.45, 2.75) is 0 Å². The molecule has 22 heavy (non-hydrogen) atoms. The van der Waals surface area contributed by atoms with E-state index in [1.165, 1.54) is 0 Å². The number of rotatable bonds is 2. The number of primary amides is 1. The number of H-pyrrole nitrogens is 1. The number of nitrogens with two attached hydrogens (primary N) is 1. The van der Waals surface area contributed by atoms with E-state index in [9.17, 15) is 4.79 Å². The number of aromatic amines is 1. The van der Waals surface area contributed by atoms with Crippen LogP contribution in [0.5, 0.6) is 0 Å². The molecule has 0 atom stereocenters. The Kier molecular flexibility index (Phi) is 2.69. The van der Waals surface area contributed by atoms with E-state index in [-0.39, 0.29) is 0 Å². The van der Waals surface area contributed by atoms with Crippen molar-refractivity contribution in [3.05, 3.63) is 66.4 Å². The second kappa shape index (κ2) is 4.70. The second-order valence-corrected chi connectivity index (χ2v) is 5.23. The van der Waals surface area contributed by atoms with Crippen LogP contribution in [-0.2, 0) is 0 Å². The molecule has 0 radical (unpaired) electrons. The third-order valence-corrected chi connectivity index (χ3v) is 3.83. The zero-order valence-corrected chi connectivity index (χ0v) is 11.7. The smallest absolute Gasteiger partial charge is 0.250 e. The molecule has 0 bridgehead atoms. The van der Waals surface area contributed by atoms with Crippen LogP contribution >= 0.6 is 0 Å². The molecule has 2 heterocycles. The summed E-state index contributed by atoms with van der Waals surface area (Å²) in [6.07, 6.45) is 1.85. The molecule has 1 amide bonds. The van der Waals surface area contributed by atoms with Gasteiger partial charge in [-0.2, -0.15) is 0 Å². The highest BCUT2D eigenvalue weighted by molar-refractivity contribution is 6.06. The average molecular weight is 287 g/mol. The highest BCUT2D eigenvalue weighted by atomic mass is 16.1.